The molecule has 1 N–H and O–H groups in total. The molecule has 70 valence electrons. The van der Waals surface area contributed by atoms with Crippen LogP contribution in [-0.2, 0) is 0 Å². The first-order valence-electron chi connectivity index (χ1n) is 4.05. The van der Waals surface area contributed by atoms with E-state index in [1.54, 1.807) is 0 Å². The van der Waals surface area contributed by atoms with E-state index in [0.29, 0.717) is 5.69 Å². The monoisotopic (exact) mass is 188 g/mol. The molecule has 1 aromatic carbocycles. The summed E-state index contributed by atoms with van der Waals surface area (Å²) in [6.45, 7) is 0. The van der Waals surface area contributed by atoms with Gasteiger partial charge in [-0.05, 0) is 12.1 Å². The number of aromatic nitrogens is 3. The van der Waals surface area contributed by atoms with E-state index in [1.807, 2.05) is 30.3 Å². The zero-order chi connectivity index (χ0) is 9.80. The van der Waals surface area contributed by atoms with Crippen molar-refractivity contribution in [2.24, 2.45) is 5.16 Å². The molecule has 2 aromatic rings. The Kier molecular flexibility index (Phi) is 2.22. The number of oxime groups is 1. The van der Waals surface area contributed by atoms with Crippen molar-refractivity contribution in [3.8, 4) is 5.69 Å². The molecule has 0 bridgehead atoms. The van der Waals surface area contributed by atoms with Crippen molar-refractivity contribution in [1.82, 2.24) is 15.0 Å². The molecule has 0 saturated heterocycles. The number of nitrogens with zero attached hydrogens (tertiary/aromatic N) is 4. The smallest absolute Gasteiger partial charge is 0.127 e. The second-order valence-corrected chi connectivity index (χ2v) is 2.64. The van der Waals surface area contributed by atoms with E-state index in [2.05, 4.69) is 15.4 Å². The zero-order valence-corrected chi connectivity index (χ0v) is 7.28. The average molecular weight is 188 g/mol. The predicted octanol–water partition coefficient (Wildman–Crippen LogP) is 1.08. The number of rotatable bonds is 2. The van der Waals surface area contributed by atoms with Gasteiger partial charge in [0.25, 0.3) is 0 Å². The maximum Gasteiger partial charge on any atom is 0.127 e. The lowest BCUT2D eigenvalue weighted by atomic mass is 10.3. The maximum atomic E-state index is 8.29. The van der Waals surface area contributed by atoms with Crippen molar-refractivity contribution in [1.29, 1.82) is 0 Å². The first-order chi connectivity index (χ1) is 6.90. The van der Waals surface area contributed by atoms with Crippen molar-refractivity contribution < 1.29 is 5.21 Å². The summed E-state index contributed by atoms with van der Waals surface area (Å²) in [5.74, 6) is 0. The molecule has 2 rings (SSSR count). The Bertz CT molecular complexity index is 435. The van der Waals surface area contributed by atoms with E-state index in [0.717, 1.165) is 5.69 Å². The van der Waals surface area contributed by atoms with Crippen LogP contribution in [0.4, 0.5) is 0 Å². The lowest BCUT2D eigenvalue weighted by Gasteiger charge is -1.96. The molecule has 0 amide bonds. The molecule has 0 saturated carbocycles. The third kappa shape index (κ3) is 1.61. The van der Waals surface area contributed by atoms with Crippen molar-refractivity contribution in [2.45, 2.75) is 0 Å². The Morgan fingerprint density at radius 1 is 1.29 bits per heavy atom. The van der Waals surface area contributed by atoms with Gasteiger partial charge in [0, 0.05) is 0 Å². The van der Waals surface area contributed by atoms with Crippen molar-refractivity contribution >= 4 is 6.21 Å². The molecular weight excluding hydrogens is 180 g/mol. The van der Waals surface area contributed by atoms with E-state index in [9.17, 15) is 0 Å². The fourth-order valence-electron chi connectivity index (χ4n) is 1.08. The Labute approximate surface area is 80.3 Å². The summed E-state index contributed by atoms with van der Waals surface area (Å²) >= 11 is 0. The van der Waals surface area contributed by atoms with E-state index in [1.165, 1.54) is 17.2 Å². The van der Waals surface area contributed by atoms with Gasteiger partial charge in [0.15, 0.2) is 0 Å². The van der Waals surface area contributed by atoms with Crippen molar-refractivity contribution in [2.75, 3.05) is 0 Å². The van der Waals surface area contributed by atoms with Gasteiger partial charge in [-0.15, -0.1) is 5.10 Å². The fraction of sp³-hybridized carbons (Fsp3) is 0. The van der Waals surface area contributed by atoms with E-state index in [4.69, 9.17) is 5.21 Å². The summed E-state index contributed by atoms with van der Waals surface area (Å²) in [6, 6.07) is 9.50. The van der Waals surface area contributed by atoms with Gasteiger partial charge in [0.05, 0.1) is 18.1 Å². The van der Waals surface area contributed by atoms with Gasteiger partial charge in [-0.1, -0.05) is 23.4 Å². The third-order valence-corrected chi connectivity index (χ3v) is 1.69. The molecule has 1 heterocycles. The van der Waals surface area contributed by atoms with Crippen LogP contribution in [0.15, 0.2) is 41.7 Å². The van der Waals surface area contributed by atoms with Crippen molar-refractivity contribution in [3.05, 3.63) is 42.2 Å². The highest BCUT2D eigenvalue weighted by molar-refractivity contribution is 5.75. The third-order valence-electron chi connectivity index (χ3n) is 1.69. The van der Waals surface area contributed by atoms with Crippen LogP contribution >= 0.6 is 0 Å². The van der Waals surface area contributed by atoms with Crippen LogP contribution in [0, 0.1) is 0 Å². The molecule has 0 spiro atoms. The second kappa shape index (κ2) is 3.69. The van der Waals surface area contributed by atoms with Crippen LogP contribution < -0.4 is 0 Å². The fourth-order valence-corrected chi connectivity index (χ4v) is 1.08. The van der Waals surface area contributed by atoms with Gasteiger partial charge in [0.1, 0.15) is 5.69 Å². The molecule has 5 nitrogen and oxygen atoms in total. The Morgan fingerprint density at radius 2 is 2.07 bits per heavy atom. The summed E-state index contributed by atoms with van der Waals surface area (Å²) in [4.78, 5) is 1.47. The molecule has 0 aliphatic carbocycles. The Morgan fingerprint density at radius 3 is 2.79 bits per heavy atom. The first-order valence-corrected chi connectivity index (χ1v) is 4.05. The number of para-hydroxylation sites is 1. The molecule has 0 unspecified atom stereocenters. The van der Waals surface area contributed by atoms with Crippen LogP contribution in [-0.4, -0.2) is 26.4 Å². The standard InChI is InChI=1S/C9H8N4O/c14-11-7-8-6-10-13(12-8)9-4-2-1-3-5-9/h1-7,14H/b11-7-. The minimum Gasteiger partial charge on any atom is -0.411 e. The molecular formula is C9H8N4O. The van der Waals surface area contributed by atoms with Crippen LogP contribution in [0.25, 0.3) is 5.69 Å². The van der Waals surface area contributed by atoms with E-state index in [-0.39, 0.29) is 0 Å². The molecule has 0 aliphatic rings. The van der Waals surface area contributed by atoms with Gasteiger partial charge >= 0.3 is 0 Å². The summed E-state index contributed by atoms with van der Waals surface area (Å²) in [5, 5.41) is 19.2. The predicted molar refractivity (Wildman–Crippen MR) is 50.7 cm³/mol. The Balaban J connectivity index is 2.34. The molecule has 5 heteroatoms. The van der Waals surface area contributed by atoms with Crippen LogP contribution in [0.2, 0.25) is 0 Å². The largest absolute Gasteiger partial charge is 0.411 e. The van der Waals surface area contributed by atoms with Gasteiger partial charge < -0.3 is 5.21 Å². The van der Waals surface area contributed by atoms with E-state index >= 15 is 0 Å². The normalized spacial score (nSPS) is 10.9. The van der Waals surface area contributed by atoms with E-state index < -0.39 is 0 Å². The zero-order valence-electron chi connectivity index (χ0n) is 7.28. The van der Waals surface area contributed by atoms with Crippen LogP contribution in [0.3, 0.4) is 0 Å². The molecule has 14 heavy (non-hydrogen) atoms. The maximum absolute atomic E-state index is 8.29. The molecule has 0 fully saturated rings. The quantitative estimate of drug-likeness (QED) is 0.435. The summed E-state index contributed by atoms with van der Waals surface area (Å²) in [7, 11) is 0. The lowest BCUT2D eigenvalue weighted by Crippen LogP contribution is -1.98. The topological polar surface area (TPSA) is 63.3 Å². The number of hydrogen-bond donors (Lipinski definition) is 1. The highest BCUT2D eigenvalue weighted by atomic mass is 16.4. The van der Waals surface area contributed by atoms with Gasteiger partial charge in [-0.25, -0.2) is 0 Å². The number of benzene rings is 1. The van der Waals surface area contributed by atoms with Crippen molar-refractivity contribution in [3.63, 3.8) is 0 Å². The first kappa shape index (κ1) is 8.43. The van der Waals surface area contributed by atoms with Crippen LogP contribution in [0.5, 0.6) is 0 Å². The molecule has 0 radical (unpaired) electrons. The average Bonchev–Trinajstić information content (AvgIpc) is 2.68. The van der Waals surface area contributed by atoms with Gasteiger partial charge in [-0.2, -0.15) is 9.90 Å². The summed E-state index contributed by atoms with van der Waals surface area (Å²) < 4.78 is 0. The van der Waals surface area contributed by atoms with Gasteiger partial charge in [-0.3, -0.25) is 0 Å². The second-order valence-electron chi connectivity index (χ2n) is 2.64. The molecule has 1 aromatic heterocycles. The summed E-state index contributed by atoms with van der Waals surface area (Å²) in [5.41, 5.74) is 1.38. The van der Waals surface area contributed by atoms with Crippen LogP contribution in [0.1, 0.15) is 5.69 Å². The highest BCUT2D eigenvalue weighted by Gasteiger charge is 1.99. The minimum absolute atomic E-state index is 0.511. The SMILES string of the molecule is O/N=C\c1cnn(-c2ccccc2)n1. The highest BCUT2D eigenvalue weighted by Crippen LogP contribution is 2.02. The number of hydrogen-bond acceptors (Lipinski definition) is 4. The molecule has 0 aliphatic heterocycles. The molecule has 0 atom stereocenters. The lowest BCUT2D eigenvalue weighted by molar-refractivity contribution is 0.321. The Hall–Kier alpha value is -2.17. The summed E-state index contributed by atoms with van der Waals surface area (Å²) in [6.07, 6.45) is 2.75. The minimum atomic E-state index is 0.511. The van der Waals surface area contributed by atoms with Gasteiger partial charge in [0.2, 0.25) is 0 Å².